The summed E-state index contributed by atoms with van der Waals surface area (Å²) in [5, 5.41) is 18.7. The van der Waals surface area contributed by atoms with E-state index in [1.165, 1.54) is 4.90 Å². The van der Waals surface area contributed by atoms with Gasteiger partial charge in [-0.2, -0.15) is 0 Å². The van der Waals surface area contributed by atoms with Crippen LogP contribution in [-0.4, -0.2) is 38.9 Å². The van der Waals surface area contributed by atoms with E-state index < -0.39 is 11.7 Å². The van der Waals surface area contributed by atoms with Crippen LogP contribution < -0.4 is 0 Å². The Balaban J connectivity index is 2.76. The molecule has 1 heterocycles. The average molecular weight is 187 g/mol. The zero-order valence-corrected chi connectivity index (χ0v) is 8.32. The average Bonchev–Trinajstić information content (AvgIpc) is 1.78. The van der Waals surface area contributed by atoms with Crippen LogP contribution in [0.2, 0.25) is 0 Å². The fraction of sp³-hybridized carbons (Fsp3) is 0.889. The van der Waals surface area contributed by atoms with E-state index in [2.05, 4.69) is 0 Å². The van der Waals surface area contributed by atoms with E-state index in [1.807, 2.05) is 13.8 Å². The summed E-state index contributed by atoms with van der Waals surface area (Å²) >= 11 is 0. The van der Waals surface area contributed by atoms with Gasteiger partial charge in [-0.05, 0) is 33.6 Å². The van der Waals surface area contributed by atoms with E-state index in [0.717, 1.165) is 0 Å². The number of rotatable bonds is 0. The highest BCUT2D eigenvalue weighted by Gasteiger charge is 2.39. The van der Waals surface area contributed by atoms with Crippen molar-refractivity contribution in [3.8, 4) is 0 Å². The topological polar surface area (TPSA) is 60.8 Å². The highest BCUT2D eigenvalue weighted by molar-refractivity contribution is 5.66. The van der Waals surface area contributed by atoms with Crippen molar-refractivity contribution >= 4 is 6.09 Å². The molecular weight excluding hydrogens is 170 g/mol. The molecule has 0 aromatic carbocycles. The minimum absolute atomic E-state index is 0.101. The number of amides is 1. The summed E-state index contributed by atoms with van der Waals surface area (Å²) < 4.78 is 0. The van der Waals surface area contributed by atoms with Crippen LogP contribution in [0.3, 0.4) is 0 Å². The third-order valence-electron chi connectivity index (χ3n) is 2.64. The Morgan fingerprint density at radius 1 is 1.38 bits per heavy atom. The Labute approximate surface area is 78.2 Å². The number of hydrogen-bond donors (Lipinski definition) is 2. The lowest BCUT2D eigenvalue weighted by molar-refractivity contribution is -0.0446. The van der Waals surface area contributed by atoms with E-state index in [9.17, 15) is 9.90 Å². The molecule has 1 rings (SSSR count). The van der Waals surface area contributed by atoms with E-state index >= 15 is 0 Å². The van der Waals surface area contributed by atoms with Gasteiger partial charge >= 0.3 is 6.09 Å². The second kappa shape index (κ2) is 3.18. The molecule has 1 fully saturated rings. The number of piperidine rings is 1. The monoisotopic (exact) mass is 187 g/mol. The molecule has 4 nitrogen and oxygen atoms in total. The Morgan fingerprint density at radius 2 is 1.77 bits per heavy atom. The molecular formula is C9H17NO3. The minimum Gasteiger partial charge on any atom is -0.465 e. The van der Waals surface area contributed by atoms with E-state index in [-0.39, 0.29) is 12.1 Å². The van der Waals surface area contributed by atoms with Crippen molar-refractivity contribution < 1.29 is 15.0 Å². The Bertz CT molecular complexity index is 201. The van der Waals surface area contributed by atoms with Gasteiger partial charge in [-0.25, -0.2) is 4.79 Å². The van der Waals surface area contributed by atoms with Crippen molar-refractivity contribution in [2.45, 2.75) is 51.3 Å². The van der Waals surface area contributed by atoms with Crippen molar-refractivity contribution in [3.05, 3.63) is 0 Å². The molecule has 0 aromatic heterocycles. The van der Waals surface area contributed by atoms with Crippen LogP contribution in [0.1, 0.15) is 33.6 Å². The molecule has 76 valence electrons. The van der Waals surface area contributed by atoms with Gasteiger partial charge in [0.2, 0.25) is 0 Å². The van der Waals surface area contributed by atoms with Crippen molar-refractivity contribution in [1.29, 1.82) is 0 Å². The van der Waals surface area contributed by atoms with Gasteiger partial charge in [0.05, 0.1) is 5.60 Å². The van der Waals surface area contributed by atoms with Crippen molar-refractivity contribution in [3.63, 3.8) is 0 Å². The first kappa shape index (κ1) is 10.3. The standard InChI is InChI=1S/C9H17NO3/c1-6-4-9(3,13)5-7(2)10(6)8(11)12/h6-7,13H,4-5H2,1-3H3,(H,11,12). The number of aliphatic hydroxyl groups is 1. The Kier molecular flexibility index (Phi) is 2.52. The van der Waals surface area contributed by atoms with Crippen LogP contribution in [0.15, 0.2) is 0 Å². The molecule has 0 aliphatic carbocycles. The highest BCUT2D eigenvalue weighted by atomic mass is 16.4. The number of carbonyl (C=O) groups is 1. The van der Waals surface area contributed by atoms with Gasteiger partial charge in [-0.1, -0.05) is 0 Å². The summed E-state index contributed by atoms with van der Waals surface area (Å²) in [5.74, 6) is 0. The predicted molar refractivity (Wildman–Crippen MR) is 48.6 cm³/mol. The van der Waals surface area contributed by atoms with Gasteiger partial charge < -0.3 is 15.1 Å². The fourth-order valence-electron chi connectivity index (χ4n) is 2.36. The number of likely N-dealkylation sites (tertiary alicyclic amines) is 1. The maximum Gasteiger partial charge on any atom is 0.407 e. The molecule has 1 saturated heterocycles. The van der Waals surface area contributed by atoms with E-state index in [1.54, 1.807) is 6.92 Å². The van der Waals surface area contributed by atoms with Gasteiger partial charge in [-0.3, -0.25) is 0 Å². The first-order chi connectivity index (χ1) is 5.83. The van der Waals surface area contributed by atoms with Crippen LogP contribution in [0.25, 0.3) is 0 Å². The first-order valence-electron chi connectivity index (χ1n) is 4.57. The SMILES string of the molecule is CC1CC(C)(O)CC(C)N1C(=O)O. The molecule has 0 radical (unpaired) electrons. The molecule has 1 aliphatic heterocycles. The predicted octanol–water partition coefficient (Wildman–Crippen LogP) is 1.29. The Morgan fingerprint density at radius 3 is 2.08 bits per heavy atom. The maximum absolute atomic E-state index is 10.8. The zero-order valence-electron chi connectivity index (χ0n) is 8.32. The molecule has 0 aromatic rings. The van der Waals surface area contributed by atoms with Gasteiger partial charge in [-0.15, -0.1) is 0 Å². The third-order valence-corrected chi connectivity index (χ3v) is 2.64. The molecule has 0 saturated carbocycles. The van der Waals surface area contributed by atoms with Gasteiger partial charge in [0.15, 0.2) is 0 Å². The quantitative estimate of drug-likeness (QED) is 0.600. The second-order valence-corrected chi connectivity index (χ2v) is 4.29. The van der Waals surface area contributed by atoms with Crippen molar-refractivity contribution in [1.82, 2.24) is 4.90 Å². The lowest BCUT2D eigenvalue weighted by atomic mass is 9.85. The maximum atomic E-state index is 10.8. The lowest BCUT2D eigenvalue weighted by Gasteiger charge is -2.43. The molecule has 13 heavy (non-hydrogen) atoms. The van der Waals surface area contributed by atoms with Gasteiger partial charge in [0, 0.05) is 12.1 Å². The largest absolute Gasteiger partial charge is 0.465 e. The zero-order chi connectivity index (χ0) is 10.2. The van der Waals surface area contributed by atoms with E-state index in [4.69, 9.17) is 5.11 Å². The van der Waals surface area contributed by atoms with Crippen LogP contribution in [0, 0.1) is 0 Å². The molecule has 0 bridgehead atoms. The number of hydrogen-bond acceptors (Lipinski definition) is 2. The van der Waals surface area contributed by atoms with E-state index in [0.29, 0.717) is 12.8 Å². The van der Waals surface area contributed by atoms with Crippen LogP contribution in [0.5, 0.6) is 0 Å². The molecule has 1 amide bonds. The van der Waals surface area contributed by atoms with Crippen LogP contribution in [-0.2, 0) is 0 Å². The van der Waals surface area contributed by atoms with Crippen molar-refractivity contribution in [2.75, 3.05) is 0 Å². The van der Waals surface area contributed by atoms with Crippen LogP contribution >= 0.6 is 0 Å². The molecule has 2 atom stereocenters. The summed E-state index contributed by atoms with van der Waals surface area (Å²) in [6.45, 7) is 5.43. The summed E-state index contributed by atoms with van der Waals surface area (Å²) in [6.07, 6.45) is 0.142. The molecule has 1 aliphatic rings. The van der Waals surface area contributed by atoms with Crippen LogP contribution in [0.4, 0.5) is 4.79 Å². The summed E-state index contributed by atoms with van der Waals surface area (Å²) in [6, 6.07) is -0.201. The molecule has 2 unspecified atom stereocenters. The number of nitrogens with zero attached hydrogens (tertiary/aromatic N) is 1. The molecule has 0 spiro atoms. The summed E-state index contributed by atoms with van der Waals surface area (Å²) in [4.78, 5) is 12.2. The second-order valence-electron chi connectivity index (χ2n) is 4.29. The third kappa shape index (κ3) is 2.12. The lowest BCUT2D eigenvalue weighted by Crippen LogP contribution is -2.54. The van der Waals surface area contributed by atoms with Gasteiger partial charge in [0.25, 0.3) is 0 Å². The molecule has 4 heteroatoms. The summed E-state index contributed by atoms with van der Waals surface area (Å²) in [7, 11) is 0. The summed E-state index contributed by atoms with van der Waals surface area (Å²) in [5.41, 5.74) is -0.717. The minimum atomic E-state index is -0.893. The number of carboxylic acid groups (broad SMARTS) is 1. The fourth-order valence-corrected chi connectivity index (χ4v) is 2.36. The Hall–Kier alpha value is -0.770. The first-order valence-corrected chi connectivity index (χ1v) is 4.57. The van der Waals surface area contributed by atoms with Crippen molar-refractivity contribution in [2.24, 2.45) is 0 Å². The molecule has 2 N–H and O–H groups in total. The van der Waals surface area contributed by atoms with Gasteiger partial charge in [0.1, 0.15) is 0 Å². The highest BCUT2D eigenvalue weighted by Crippen LogP contribution is 2.30. The smallest absolute Gasteiger partial charge is 0.407 e. The normalized spacial score (nSPS) is 40.5.